The maximum Gasteiger partial charge on any atom is 0.354 e. The first-order valence-electron chi connectivity index (χ1n) is 6.76. The third kappa shape index (κ3) is 3.36. The van der Waals surface area contributed by atoms with Crippen LogP contribution in [0, 0.1) is 5.92 Å². The van der Waals surface area contributed by atoms with Crippen molar-refractivity contribution in [3.05, 3.63) is 17.8 Å². The summed E-state index contributed by atoms with van der Waals surface area (Å²) in [5, 5.41) is 8.93. The predicted octanol–water partition coefficient (Wildman–Crippen LogP) is 2.71. The van der Waals surface area contributed by atoms with Crippen molar-refractivity contribution >= 4 is 11.7 Å². The lowest BCUT2D eigenvalue weighted by atomic mass is 9.85. The maximum atomic E-state index is 10.9. The lowest BCUT2D eigenvalue weighted by Crippen LogP contribution is -2.26. The minimum absolute atomic E-state index is 0.0351. The number of nitrogens with zero attached hydrogens (tertiary/aromatic N) is 1. The van der Waals surface area contributed by atoms with Crippen molar-refractivity contribution in [1.29, 1.82) is 0 Å². The zero-order valence-corrected chi connectivity index (χ0v) is 11.1. The van der Waals surface area contributed by atoms with Gasteiger partial charge in [0.1, 0.15) is 6.10 Å². The molecule has 0 saturated heterocycles. The Kier molecular flexibility index (Phi) is 4.24. The van der Waals surface area contributed by atoms with Gasteiger partial charge in [0.2, 0.25) is 5.88 Å². The number of anilines is 1. The first-order valence-corrected chi connectivity index (χ1v) is 6.76. The van der Waals surface area contributed by atoms with Crippen LogP contribution in [0.3, 0.4) is 0 Å². The Hall–Kier alpha value is -1.78. The molecular weight excluding hydrogens is 244 g/mol. The van der Waals surface area contributed by atoms with Crippen LogP contribution in [0.25, 0.3) is 0 Å². The minimum Gasteiger partial charge on any atom is -0.477 e. The number of ether oxygens (including phenoxy) is 1. The molecule has 1 heterocycles. The van der Waals surface area contributed by atoms with Gasteiger partial charge < -0.3 is 15.6 Å². The number of hydrogen-bond acceptors (Lipinski definition) is 4. The Morgan fingerprint density at radius 1 is 1.53 bits per heavy atom. The Morgan fingerprint density at radius 3 is 3.00 bits per heavy atom. The second-order valence-electron chi connectivity index (χ2n) is 5.08. The second-order valence-corrected chi connectivity index (χ2v) is 5.08. The average Bonchev–Trinajstić information content (AvgIpc) is 2.41. The predicted molar refractivity (Wildman–Crippen MR) is 72.3 cm³/mol. The van der Waals surface area contributed by atoms with Gasteiger partial charge in [0.25, 0.3) is 0 Å². The minimum atomic E-state index is -1.07. The van der Waals surface area contributed by atoms with Crippen LogP contribution in [0.5, 0.6) is 5.88 Å². The lowest BCUT2D eigenvalue weighted by molar-refractivity contribution is 0.0686. The van der Waals surface area contributed by atoms with E-state index in [-0.39, 0.29) is 17.7 Å². The van der Waals surface area contributed by atoms with Crippen LogP contribution in [0.2, 0.25) is 0 Å². The van der Waals surface area contributed by atoms with Gasteiger partial charge in [0.15, 0.2) is 5.69 Å². The van der Waals surface area contributed by atoms with Crippen molar-refractivity contribution in [1.82, 2.24) is 4.98 Å². The molecule has 1 aromatic heterocycles. The van der Waals surface area contributed by atoms with Crippen LogP contribution in [-0.4, -0.2) is 22.2 Å². The lowest BCUT2D eigenvalue weighted by Gasteiger charge is -2.28. The fraction of sp³-hybridized carbons (Fsp3) is 0.571. The highest BCUT2D eigenvalue weighted by molar-refractivity contribution is 5.86. The molecule has 1 saturated carbocycles. The zero-order valence-electron chi connectivity index (χ0n) is 11.1. The van der Waals surface area contributed by atoms with Crippen LogP contribution < -0.4 is 10.5 Å². The van der Waals surface area contributed by atoms with Crippen molar-refractivity contribution in [2.45, 2.75) is 45.1 Å². The fourth-order valence-corrected chi connectivity index (χ4v) is 2.54. The molecule has 0 bridgehead atoms. The summed E-state index contributed by atoms with van der Waals surface area (Å²) in [4.78, 5) is 14.9. The number of carboxylic acid groups (broad SMARTS) is 1. The Balaban J connectivity index is 2.09. The van der Waals surface area contributed by atoms with Gasteiger partial charge in [0.05, 0.1) is 5.69 Å². The molecular formula is C14H20N2O3. The number of aromatic nitrogens is 1. The monoisotopic (exact) mass is 264 g/mol. The number of carbonyl (C=O) groups is 1. The van der Waals surface area contributed by atoms with Crippen molar-refractivity contribution in [2.24, 2.45) is 5.92 Å². The van der Waals surface area contributed by atoms with Crippen molar-refractivity contribution in [2.75, 3.05) is 5.73 Å². The first-order chi connectivity index (χ1) is 9.10. The van der Waals surface area contributed by atoms with Crippen molar-refractivity contribution in [3.63, 3.8) is 0 Å². The highest BCUT2D eigenvalue weighted by atomic mass is 16.5. The van der Waals surface area contributed by atoms with Gasteiger partial charge in [0, 0.05) is 0 Å². The van der Waals surface area contributed by atoms with Crippen LogP contribution >= 0.6 is 0 Å². The number of aromatic carboxylic acids is 1. The summed E-state index contributed by atoms with van der Waals surface area (Å²) >= 11 is 0. The normalized spacial score (nSPS) is 23.0. The number of carboxylic acids is 1. The van der Waals surface area contributed by atoms with Crippen LogP contribution in [0.1, 0.15) is 49.5 Å². The largest absolute Gasteiger partial charge is 0.477 e. The first kappa shape index (κ1) is 13.6. The second kappa shape index (κ2) is 5.91. The molecule has 2 atom stereocenters. The van der Waals surface area contributed by atoms with Crippen LogP contribution in [0.4, 0.5) is 5.69 Å². The fourth-order valence-electron chi connectivity index (χ4n) is 2.54. The van der Waals surface area contributed by atoms with Gasteiger partial charge in [-0.2, -0.15) is 0 Å². The summed E-state index contributed by atoms with van der Waals surface area (Å²) in [6.45, 7) is 2.19. The third-order valence-corrected chi connectivity index (χ3v) is 3.70. The van der Waals surface area contributed by atoms with E-state index in [0.717, 1.165) is 25.7 Å². The Morgan fingerprint density at radius 2 is 2.32 bits per heavy atom. The summed E-state index contributed by atoms with van der Waals surface area (Å²) in [5.74, 6) is -0.135. The summed E-state index contributed by atoms with van der Waals surface area (Å²) < 4.78 is 5.81. The Labute approximate surface area is 112 Å². The van der Waals surface area contributed by atoms with Gasteiger partial charge in [-0.25, -0.2) is 9.78 Å². The molecule has 2 rings (SSSR count). The quantitative estimate of drug-likeness (QED) is 0.873. The van der Waals surface area contributed by atoms with Crippen LogP contribution in [0.15, 0.2) is 12.1 Å². The average molecular weight is 264 g/mol. The molecule has 0 aromatic carbocycles. The van der Waals surface area contributed by atoms with Gasteiger partial charge in [-0.1, -0.05) is 19.8 Å². The zero-order chi connectivity index (χ0) is 13.8. The molecule has 5 nitrogen and oxygen atoms in total. The Bertz CT molecular complexity index is 462. The summed E-state index contributed by atoms with van der Waals surface area (Å²) in [6.07, 6.45) is 5.61. The SMILES string of the molecule is CCC1CCCC(Oc2nc(C(=O)O)ccc2N)C1. The van der Waals surface area contributed by atoms with E-state index in [1.165, 1.54) is 18.6 Å². The molecule has 1 fully saturated rings. The van der Waals surface area contributed by atoms with E-state index in [9.17, 15) is 4.79 Å². The molecule has 1 aliphatic rings. The summed E-state index contributed by atoms with van der Waals surface area (Å²) in [6, 6.07) is 2.92. The number of nitrogen functional groups attached to an aromatic ring is 1. The van der Waals surface area contributed by atoms with E-state index in [1.807, 2.05) is 0 Å². The van der Waals surface area contributed by atoms with Crippen molar-refractivity contribution in [3.8, 4) is 5.88 Å². The maximum absolute atomic E-state index is 10.9. The van der Waals surface area contributed by atoms with Crippen LogP contribution in [-0.2, 0) is 0 Å². The highest BCUT2D eigenvalue weighted by Gasteiger charge is 2.23. The van der Waals surface area contributed by atoms with E-state index in [0.29, 0.717) is 11.6 Å². The number of pyridine rings is 1. The summed E-state index contributed by atoms with van der Waals surface area (Å²) in [7, 11) is 0. The summed E-state index contributed by atoms with van der Waals surface area (Å²) in [5.41, 5.74) is 6.15. The standard InChI is InChI=1S/C14H20N2O3/c1-2-9-4-3-5-10(8-9)19-13-11(15)6-7-12(16-13)14(17)18/h6-7,9-10H,2-5,8,15H2,1H3,(H,17,18). The van der Waals surface area contributed by atoms with E-state index >= 15 is 0 Å². The molecule has 2 unspecified atom stereocenters. The molecule has 0 radical (unpaired) electrons. The molecule has 0 aliphatic heterocycles. The molecule has 0 spiro atoms. The molecule has 5 heteroatoms. The number of hydrogen-bond donors (Lipinski definition) is 2. The van der Waals surface area contributed by atoms with E-state index in [1.54, 1.807) is 0 Å². The van der Waals surface area contributed by atoms with E-state index < -0.39 is 5.97 Å². The van der Waals surface area contributed by atoms with Gasteiger partial charge >= 0.3 is 5.97 Å². The van der Waals surface area contributed by atoms with Crippen molar-refractivity contribution < 1.29 is 14.6 Å². The van der Waals surface area contributed by atoms with E-state index in [4.69, 9.17) is 15.6 Å². The molecule has 1 aromatic rings. The molecule has 3 N–H and O–H groups in total. The van der Waals surface area contributed by atoms with Gasteiger partial charge in [-0.15, -0.1) is 0 Å². The number of nitrogens with two attached hydrogens (primary N) is 1. The smallest absolute Gasteiger partial charge is 0.354 e. The molecule has 1 aliphatic carbocycles. The van der Waals surface area contributed by atoms with E-state index in [2.05, 4.69) is 11.9 Å². The molecule has 0 amide bonds. The molecule has 104 valence electrons. The molecule has 19 heavy (non-hydrogen) atoms. The highest BCUT2D eigenvalue weighted by Crippen LogP contribution is 2.30. The third-order valence-electron chi connectivity index (χ3n) is 3.70. The topological polar surface area (TPSA) is 85.4 Å². The van der Waals surface area contributed by atoms with Gasteiger partial charge in [-0.3, -0.25) is 0 Å². The van der Waals surface area contributed by atoms with Gasteiger partial charge in [-0.05, 0) is 37.3 Å². The number of rotatable bonds is 4.